The summed E-state index contributed by atoms with van der Waals surface area (Å²) in [6.45, 7) is 3.32. The quantitative estimate of drug-likeness (QED) is 0.860. The number of rotatable bonds is 3. The van der Waals surface area contributed by atoms with Gasteiger partial charge in [0.05, 0.1) is 6.54 Å². The van der Waals surface area contributed by atoms with Crippen LogP contribution in [0.25, 0.3) is 0 Å². The average Bonchev–Trinajstić information content (AvgIpc) is 2.73. The van der Waals surface area contributed by atoms with Gasteiger partial charge in [0, 0.05) is 25.6 Å². The van der Waals surface area contributed by atoms with E-state index in [9.17, 15) is 4.79 Å². The first kappa shape index (κ1) is 13.5. The van der Waals surface area contributed by atoms with Crippen LogP contribution in [0.4, 0.5) is 5.69 Å². The molecule has 0 saturated carbocycles. The van der Waals surface area contributed by atoms with Crippen molar-refractivity contribution in [2.24, 2.45) is 4.99 Å². The third-order valence-corrected chi connectivity index (χ3v) is 2.39. The number of carbonyl (C=O) groups excluding carboxylic acids is 1. The highest BCUT2D eigenvalue weighted by Crippen LogP contribution is 2.10. The lowest BCUT2D eigenvalue weighted by molar-refractivity contribution is -0.114. The van der Waals surface area contributed by atoms with Crippen molar-refractivity contribution in [3.63, 3.8) is 0 Å². The van der Waals surface area contributed by atoms with E-state index in [0.717, 1.165) is 31.0 Å². The number of benzene rings is 1. The molecule has 17 heavy (non-hydrogen) atoms. The highest BCUT2D eigenvalue weighted by molar-refractivity contribution is 5.89. The van der Waals surface area contributed by atoms with Gasteiger partial charge in [-0.2, -0.15) is 0 Å². The predicted octanol–water partition coefficient (Wildman–Crippen LogP) is 1.61. The van der Waals surface area contributed by atoms with E-state index in [2.05, 4.69) is 15.6 Å². The maximum atomic E-state index is 10.8. The zero-order valence-corrected chi connectivity index (χ0v) is 10.5. The summed E-state index contributed by atoms with van der Waals surface area (Å²) in [4.78, 5) is 15.2. The van der Waals surface area contributed by atoms with Gasteiger partial charge in [-0.05, 0) is 17.7 Å². The van der Waals surface area contributed by atoms with Crippen molar-refractivity contribution < 1.29 is 4.79 Å². The average molecular weight is 254 g/mol. The number of nitrogens with one attached hydrogen (secondary N) is 2. The van der Waals surface area contributed by atoms with Crippen molar-refractivity contribution in [3.8, 4) is 0 Å². The van der Waals surface area contributed by atoms with E-state index in [-0.39, 0.29) is 18.3 Å². The molecule has 1 heterocycles. The summed E-state index contributed by atoms with van der Waals surface area (Å²) in [5, 5.41) is 5.97. The molecule has 0 atom stereocenters. The van der Waals surface area contributed by atoms with E-state index in [0.29, 0.717) is 0 Å². The monoisotopic (exact) mass is 253 g/mol. The predicted molar refractivity (Wildman–Crippen MR) is 72.0 cm³/mol. The molecule has 92 valence electrons. The van der Waals surface area contributed by atoms with Gasteiger partial charge in [0.15, 0.2) is 0 Å². The molecule has 1 aliphatic rings. The topological polar surface area (TPSA) is 53.5 Å². The SMILES string of the molecule is CC(=O)Nc1ccc(CC2=NCCN2)cc1.Cl. The number of anilines is 1. The number of hydrogen-bond donors (Lipinski definition) is 2. The number of aliphatic imine (C=N–C) groups is 1. The van der Waals surface area contributed by atoms with E-state index in [1.165, 1.54) is 12.5 Å². The highest BCUT2D eigenvalue weighted by Gasteiger charge is 2.05. The maximum Gasteiger partial charge on any atom is 0.221 e. The van der Waals surface area contributed by atoms with Crippen molar-refractivity contribution in [1.82, 2.24) is 5.32 Å². The molecule has 0 bridgehead atoms. The fraction of sp³-hybridized carbons (Fsp3) is 0.333. The smallest absolute Gasteiger partial charge is 0.221 e. The lowest BCUT2D eigenvalue weighted by Gasteiger charge is -2.05. The third-order valence-electron chi connectivity index (χ3n) is 2.39. The van der Waals surface area contributed by atoms with Gasteiger partial charge in [0.25, 0.3) is 0 Å². The molecule has 0 saturated heterocycles. The summed E-state index contributed by atoms with van der Waals surface area (Å²) in [6, 6.07) is 7.83. The summed E-state index contributed by atoms with van der Waals surface area (Å²) in [7, 11) is 0. The van der Waals surface area contributed by atoms with Gasteiger partial charge >= 0.3 is 0 Å². The van der Waals surface area contributed by atoms with Crippen LogP contribution in [-0.4, -0.2) is 24.8 Å². The number of hydrogen-bond acceptors (Lipinski definition) is 3. The Labute approximate surface area is 107 Å². The van der Waals surface area contributed by atoms with Crippen LogP contribution in [0.3, 0.4) is 0 Å². The van der Waals surface area contributed by atoms with E-state index in [1.54, 1.807) is 0 Å². The first-order chi connectivity index (χ1) is 7.74. The summed E-state index contributed by atoms with van der Waals surface area (Å²) >= 11 is 0. The molecule has 1 amide bonds. The first-order valence-corrected chi connectivity index (χ1v) is 5.38. The van der Waals surface area contributed by atoms with Gasteiger partial charge in [-0.1, -0.05) is 12.1 Å². The van der Waals surface area contributed by atoms with Crippen molar-refractivity contribution in [2.45, 2.75) is 13.3 Å². The second-order valence-electron chi connectivity index (χ2n) is 3.81. The van der Waals surface area contributed by atoms with Crippen molar-refractivity contribution >= 4 is 29.8 Å². The van der Waals surface area contributed by atoms with Crippen LogP contribution in [0.1, 0.15) is 12.5 Å². The van der Waals surface area contributed by atoms with E-state index >= 15 is 0 Å². The van der Waals surface area contributed by atoms with Crippen molar-refractivity contribution in [2.75, 3.05) is 18.4 Å². The molecule has 0 fully saturated rings. The second-order valence-corrected chi connectivity index (χ2v) is 3.81. The summed E-state index contributed by atoms with van der Waals surface area (Å²) in [6.07, 6.45) is 0.834. The zero-order valence-electron chi connectivity index (χ0n) is 9.69. The van der Waals surface area contributed by atoms with E-state index < -0.39 is 0 Å². The van der Waals surface area contributed by atoms with Crippen molar-refractivity contribution in [3.05, 3.63) is 29.8 Å². The Kier molecular flexibility index (Phi) is 4.97. The Hall–Kier alpha value is -1.55. The first-order valence-electron chi connectivity index (χ1n) is 5.38. The molecular formula is C12H16ClN3O. The van der Waals surface area contributed by atoms with Gasteiger partial charge in [-0.3, -0.25) is 9.79 Å². The third kappa shape index (κ3) is 4.07. The minimum Gasteiger partial charge on any atom is -0.372 e. The van der Waals surface area contributed by atoms with Crippen LogP contribution < -0.4 is 10.6 Å². The molecule has 1 aromatic carbocycles. The number of halogens is 1. The zero-order chi connectivity index (χ0) is 11.4. The van der Waals surface area contributed by atoms with Gasteiger partial charge in [-0.15, -0.1) is 12.4 Å². The molecular weight excluding hydrogens is 238 g/mol. The van der Waals surface area contributed by atoms with Crippen LogP contribution >= 0.6 is 12.4 Å². The fourth-order valence-corrected chi connectivity index (χ4v) is 1.67. The van der Waals surface area contributed by atoms with Gasteiger partial charge in [-0.25, -0.2) is 0 Å². The van der Waals surface area contributed by atoms with Gasteiger partial charge in [0.2, 0.25) is 5.91 Å². The molecule has 0 aliphatic carbocycles. The van der Waals surface area contributed by atoms with E-state index in [1.807, 2.05) is 24.3 Å². The molecule has 2 N–H and O–H groups in total. The Morgan fingerprint density at radius 2 is 2.12 bits per heavy atom. The Morgan fingerprint density at radius 3 is 2.65 bits per heavy atom. The lowest BCUT2D eigenvalue weighted by atomic mass is 10.1. The number of amides is 1. The van der Waals surface area contributed by atoms with E-state index in [4.69, 9.17) is 0 Å². The molecule has 2 rings (SSSR count). The Balaban J connectivity index is 0.00000144. The minimum absolute atomic E-state index is 0. The highest BCUT2D eigenvalue weighted by atomic mass is 35.5. The molecule has 0 aromatic heterocycles. The number of nitrogens with zero attached hydrogens (tertiary/aromatic N) is 1. The largest absolute Gasteiger partial charge is 0.372 e. The number of amidine groups is 1. The maximum absolute atomic E-state index is 10.8. The lowest BCUT2D eigenvalue weighted by Crippen LogP contribution is -2.20. The number of carbonyl (C=O) groups is 1. The van der Waals surface area contributed by atoms with Crippen LogP contribution in [0, 0.1) is 0 Å². The standard InChI is InChI=1S/C12H15N3O.ClH/c1-9(16)15-11-4-2-10(3-5-11)8-12-13-6-7-14-12;/h2-5H,6-8H2,1H3,(H,13,14)(H,15,16);1H. The molecule has 5 heteroatoms. The molecule has 1 aromatic rings. The fourth-order valence-electron chi connectivity index (χ4n) is 1.67. The van der Waals surface area contributed by atoms with Crippen LogP contribution in [0.2, 0.25) is 0 Å². The van der Waals surface area contributed by atoms with Crippen LogP contribution in [0.5, 0.6) is 0 Å². The van der Waals surface area contributed by atoms with Gasteiger partial charge in [0.1, 0.15) is 5.84 Å². The summed E-state index contributed by atoms with van der Waals surface area (Å²) in [5.41, 5.74) is 2.03. The summed E-state index contributed by atoms with van der Waals surface area (Å²) < 4.78 is 0. The van der Waals surface area contributed by atoms with Crippen LogP contribution in [-0.2, 0) is 11.2 Å². The van der Waals surface area contributed by atoms with Gasteiger partial charge < -0.3 is 10.6 Å². The Morgan fingerprint density at radius 1 is 1.41 bits per heavy atom. The molecule has 0 radical (unpaired) electrons. The minimum atomic E-state index is -0.0467. The molecule has 1 aliphatic heterocycles. The second kappa shape index (κ2) is 6.25. The molecule has 0 unspecified atom stereocenters. The molecule has 0 spiro atoms. The Bertz CT molecular complexity index is 414. The normalized spacial score (nSPS) is 13.4. The summed E-state index contributed by atoms with van der Waals surface area (Å²) in [5.74, 6) is 1.00. The van der Waals surface area contributed by atoms with Crippen molar-refractivity contribution in [1.29, 1.82) is 0 Å². The van der Waals surface area contributed by atoms with Crippen LogP contribution in [0.15, 0.2) is 29.3 Å². The molecule has 4 nitrogen and oxygen atoms in total.